The van der Waals surface area contributed by atoms with Gasteiger partial charge in [-0.15, -0.1) is 0 Å². The average molecular weight is 485 g/mol. The van der Waals surface area contributed by atoms with E-state index in [1.807, 2.05) is 0 Å². The summed E-state index contributed by atoms with van der Waals surface area (Å²) in [5.74, 6) is -0.663. The molecule has 28 heavy (non-hydrogen) atoms. The minimum Gasteiger partial charge on any atom is -0.295 e. The summed E-state index contributed by atoms with van der Waals surface area (Å²) in [4.78, 5) is 12.5. The molecule has 152 valence electrons. The summed E-state index contributed by atoms with van der Waals surface area (Å²) in [5.41, 5.74) is 5.21. The fourth-order valence-corrected chi connectivity index (χ4v) is 5.00. The van der Waals surface area contributed by atoms with E-state index in [0.717, 1.165) is 0 Å². The van der Waals surface area contributed by atoms with Gasteiger partial charge >= 0.3 is 0 Å². The molecule has 2 aromatic carbocycles. The van der Waals surface area contributed by atoms with Gasteiger partial charge in [-0.05, 0) is 30.3 Å². The van der Waals surface area contributed by atoms with Crippen molar-refractivity contribution in [2.45, 2.75) is 18.7 Å². The Morgan fingerprint density at radius 2 is 1.54 bits per heavy atom. The van der Waals surface area contributed by atoms with Gasteiger partial charge in [0.25, 0.3) is 5.91 Å². The van der Waals surface area contributed by atoms with Crippen LogP contribution in [0.1, 0.15) is 24.2 Å². The van der Waals surface area contributed by atoms with Gasteiger partial charge < -0.3 is 0 Å². The van der Waals surface area contributed by atoms with Crippen LogP contribution in [0, 0.1) is 0 Å². The van der Waals surface area contributed by atoms with Crippen LogP contribution in [0.2, 0.25) is 20.1 Å². The molecule has 6 nitrogen and oxygen atoms in total. The number of halogens is 4. The van der Waals surface area contributed by atoms with Crippen molar-refractivity contribution < 1.29 is 13.2 Å². The van der Waals surface area contributed by atoms with Crippen molar-refractivity contribution in [1.82, 2.24) is 9.73 Å². The van der Waals surface area contributed by atoms with E-state index in [4.69, 9.17) is 46.4 Å². The molecule has 0 aromatic heterocycles. The molecule has 0 spiro atoms. The van der Waals surface area contributed by atoms with E-state index < -0.39 is 15.9 Å². The lowest BCUT2D eigenvalue weighted by atomic mass is 10.2. The van der Waals surface area contributed by atoms with Crippen LogP contribution in [0.5, 0.6) is 0 Å². The first kappa shape index (κ1) is 23.1. The lowest BCUT2D eigenvalue weighted by molar-refractivity contribution is 0.0962. The molecule has 2 aromatic rings. The number of benzene rings is 2. The lowest BCUT2D eigenvalue weighted by Crippen LogP contribution is -2.32. The second kappa shape index (κ2) is 9.52. The highest BCUT2D eigenvalue weighted by atomic mass is 35.5. The number of hydrogen-bond acceptors (Lipinski definition) is 4. The molecule has 2 rings (SSSR count). The van der Waals surface area contributed by atoms with Gasteiger partial charge in [0.05, 0.1) is 31.2 Å². The molecule has 0 aliphatic carbocycles. The summed E-state index contributed by atoms with van der Waals surface area (Å²) in [7, 11) is -3.74. The number of hydrogen-bond donors (Lipinski definition) is 2. The topological polar surface area (TPSA) is 78.5 Å². The lowest BCUT2D eigenvalue weighted by Gasteiger charge is -2.19. The van der Waals surface area contributed by atoms with E-state index >= 15 is 0 Å². The largest absolute Gasteiger partial charge is 0.295 e. The van der Waals surface area contributed by atoms with Gasteiger partial charge in [-0.2, -0.15) is 4.31 Å². The van der Waals surface area contributed by atoms with E-state index in [0.29, 0.717) is 18.1 Å². The number of hydrazine groups is 1. The zero-order chi connectivity index (χ0) is 21.1. The molecule has 11 heteroatoms. The maximum absolute atomic E-state index is 12.7. The van der Waals surface area contributed by atoms with Gasteiger partial charge in [-0.25, -0.2) is 8.42 Å². The van der Waals surface area contributed by atoms with E-state index in [2.05, 4.69) is 10.9 Å². The Hall–Kier alpha value is -1.22. The molecule has 0 atom stereocenters. The first-order valence-electron chi connectivity index (χ1n) is 8.12. The Morgan fingerprint density at radius 3 is 2.07 bits per heavy atom. The van der Waals surface area contributed by atoms with Crippen LogP contribution < -0.4 is 10.9 Å². The minimum atomic E-state index is -3.74. The molecule has 0 saturated carbocycles. The molecule has 0 saturated heterocycles. The average Bonchev–Trinajstić information content (AvgIpc) is 2.61. The number of anilines is 1. The van der Waals surface area contributed by atoms with Gasteiger partial charge in [-0.3, -0.25) is 15.6 Å². The van der Waals surface area contributed by atoms with Crippen molar-refractivity contribution in [2.24, 2.45) is 0 Å². The molecule has 1 amide bonds. The number of amides is 1. The van der Waals surface area contributed by atoms with Crippen molar-refractivity contribution in [3.05, 3.63) is 56.0 Å². The summed E-state index contributed by atoms with van der Waals surface area (Å²) < 4.78 is 26.6. The molecule has 0 fully saturated rings. The SMILES string of the molecule is CCN(CC)S(=O)(=O)c1ccc(Cl)c(C(=O)NNc2c(Cl)cc(Cl)cc2Cl)c1. The third-order valence-electron chi connectivity index (χ3n) is 3.83. The monoisotopic (exact) mass is 483 g/mol. The van der Waals surface area contributed by atoms with E-state index in [-0.39, 0.29) is 31.2 Å². The first-order chi connectivity index (χ1) is 13.1. The highest BCUT2D eigenvalue weighted by Crippen LogP contribution is 2.33. The highest BCUT2D eigenvalue weighted by Gasteiger charge is 2.24. The molecule has 0 heterocycles. The standard InChI is InChI=1S/C17H17Cl4N3O3S/c1-3-24(4-2)28(26,27)11-5-6-13(19)12(9-11)17(25)23-22-16-14(20)7-10(18)8-15(16)21/h5-9,22H,3-4H2,1-2H3,(H,23,25). The summed E-state index contributed by atoms with van der Waals surface area (Å²) >= 11 is 24.0. The summed E-state index contributed by atoms with van der Waals surface area (Å²) in [5, 5.41) is 0.818. The second-order valence-electron chi connectivity index (χ2n) is 5.55. The van der Waals surface area contributed by atoms with Gasteiger partial charge in [0.15, 0.2) is 0 Å². The van der Waals surface area contributed by atoms with Gasteiger partial charge in [0.1, 0.15) is 0 Å². The molecule has 0 bridgehead atoms. The van der Waals surface area contributed by atoms with Crippen LogP contribution in [0.15, 0.2) is 35.2 Å². The van der Waals surface area contributed by atoms with Crippen molar-refractivity contribution in [2.75, 3.05) is 18.5 Å². The number of carbonyl (C=O) groups is 1. The first-order valence-corrected chi connectivity index (χ1v) is 11.1. The third kappa shape index (κ3) is 5.03. The molecule has 0 radical (unpaired) electrons. The fourth-order valence-electron chi connectivity index (χ4n) is 2.40. The van der Waals surface area contributed by atoms with Crippen molar-refractivity contribution >= 4 is 68.0 Å². The Morgan fingerprint density at radius 1 is 0.964 bits per heavy atom. The second-order valence-corrected chi connectivity index (χ2v) is 9.15. The van der Waals surface area contributed by atoms with Crippen molar-refractivity contribution in [1.29, 1.82) is 0 Å². The Labute approximate surface area is 183 Å². The number of nitrogens with zero attached hydrogens (tertiary/aromatic N) is 1. The zero-order valence-corrected chi connectivity index (χ0v) is 18.7. The van der Waals surface area contributed by atoms with Crippen LogP contribution in [-0.4, -0.2) is 31.7 Å². The van der Waals surface area contributed by atoms with E-state index in [9.17, 15) is 13.2 Å². The Kier molecular flexibility index (Phi) is 7.84. The minimum absolute atomic E-state index is 0.0244. The Bertz CT molecular complexity index is 972. The summed E-state index contributed by atoms with van der Waals surface area (Å²) in [6.07, 6.45) is 0. The van der Waals surface area contributed by atoms with Gasteiger partial charge in [-0.1, -0.05) is 60.3 Å². The quantitative estimate of drug-likeness (QED) is 0.536. The Balaban J connectivity index is 2.29. The predicted molar refractivity (Wildman–Crippen MR) is 114 cm³/mol. The molecular weight excluding hydrogens is 468 g/mol. The molecule has 0 aliphatic rings. The smallest absolute Gasteiger partial charge is 0.271 e. The van der Waals surface area contributed by atoms with Gasteiger partial charge in [0.2, 0.25) is 10.0 Å². The van der Waals surface area contributed by atoms with Crippen LogP contribution in [0.3, 0.4) is 0 Å². The summed E-state index contributed by atoms with van der Waals surface area (Å²) in [6, 6.07) is 6.84. The maximum Gasteiger partial charge on any atom is 0.271 e. The number of carbonyl (C=O) groups excluding carboxylic acids is 1. The number of sulfonamides is 1. The highest BCUT2D eigenvalue weighted by molar-refractivity contribution is 7.89. The van der Waals surface area contributed by atoms with E-state index in [1.165, 1.54) is 34.6 Å². The fraction of sp³-hybridized carbons (Fsp3) is 0.235. The zero-order valence-electron chi connectivity index (χ0n) is 14.9. The van der Waals surface area contributed by atoms with E-state index in [1.54, 1.807) is 13.8 Å². The maximum atomic E-state index is 12.7. The normalized spacial score (nSPS) is 11.5. The third-order valence-corrected chi connectivity index (χ3v) is 7.02. The predicted octanol–water partition coefficient (Wildman–Crippen LogP) is 5.09. The number of nitrogens with one attached hydrogen (secondary N) is 2. The van der Waals surface area contributed by atoms with Crippen molar-refractivity contribution in [3.63, 3.8) is 0 Å². The van der Waals surface area contributed by atoms with Gasteiger partial charge in [0, 0.05) is 18.1 Å². The summed E-state index contributed by atoms with van der Waals surface area (Å²) in [6.45, 7) is 4.07. The van der Waals surface area contributed by atoms with Crippen LogP contribution in [0.4, 0.5) is 5.69 Å². The van der Waals surface area contributed by atoms with Crippen LogP contribution in [-0.2, 0) is 10.0 Å². The van der Waals surface area contributed by atoms with Crippen LogP contribution >= 0.6 is 46.4 Å². The van der Waals surface area contributed by atoms with Crippen molar-refractivity contribution in [3.8, 4) is 0 Å². The molecule has 0 aliphatic heterocycles. The molecule has 2 N–H and O–H groups in total. The number of rotatable bonds is 7. The molecule has 0 unspecified atom stereocenters. The molecular formula is C17H17Cl4N3O3S. The van der Waals surface area contributed by atoms with Crippen LogP contribution in [0.25, 0.3) is 0 Å².